The first kappa shape index (κ1) is 35.8. The number of alkyl halides is 3. The van der Waals surface area contributed by atoms with E-state index in [9.17, 15) is 28.3 Å². The fourth-order valence-electron chi connectivity index (χ4n) is 5.27. The van der Waals surface area contributed by atoms with Gasteiger partial charge in [0.05, 0.1) is 11.3 Å². The summed E-state index contributed by atoms with van der Waals surface area (Å²) in [5.41, 5.74) is -0.918. The average Bonchev–Trinajstić information content (AvgIpc) is 3.44. The monoisotopic (exact) mass is 809 g/mol. The molecule has 10 heteroatoms. The van der Waals surface area contributed by atoms with Gasteiger partial charge >= 0.3 is 6.18 Å². The zero-order chi connectivity index (χ0) is 32.0. The van der Waals surface area contributed by atoms with Gasteiger partial charge in [0.15, 0.2) is 11.5 Å². The maximum Gasteiger partial charge on any atom is 0.435 e. The Morgan fingerprint density at radius 2 is 1.60 bits per heavy atom. The second-order valence-electron chi connectivity index (χ2n) is 10.5. The fraction of sp³-hybridized carbons (Fsp3) is 0.314. The molecule has 0 spiro atoms. The Kier molecular flexibility index (Phi) is 12.4. The van der Waals surface area contributed by atoms with E-state index < -0.39 is 11.9 Å². The predicted molar refractivity (Wildman–Crippen MR) is 170 cm³/mol. The number of carbonyl (C=O) groups is 1. The maximum absolute atomic E-state index is 13.7. The molecule has 5 rings (SSSR count). The largest absolute Gasteiger partial charge is 0.512 e. The first-order valence-electron chi connectivity index (χ1n) is 14.6. The molecule has 45 heavy (non-hydrogen) atoms. The molecule has 0 saturated heterocycles. The van der Waals surface area contributed by atoms with Gasteiger partial charge in [-0.3, -0.25) is 4.79 Å². The number of hydrogen-bond acceptors (Lipinski definition) is 6. The van der Waals surface area contributed by atoms with Crippen molar-refractivity contribution in [2.75, 3.05) is 0 Å². The summed E-state index contributed by atoms with van der Waals surface area (Å²) in [6.45, 7) is 8.07. The predicted octanol–water partition coefficient (Wildman–Crippen LogP) is 10.2. The fourth-order valence-corrected chi connectivity index (χ4v) is 6.27. The van der Waals surface area contributed by atoms with Crippen LogP contribution in [0.2, 0.25) is 0 Å². The molecule has 0 aliphatic carbocycles. The van der Waals surface area contributed by atoms with E-state index in [2.05, 4.69) is 16.3 Å². The minimum Gasteiger partial charge on any atom is -0.512 e. The van der Waals surface area contributed by atoms with E-state index in [4.69, 9.17) is 0 Å². The number of aliphatic hydroxyl groups excluding tert-OH is 1. The first-order valence-corrected chi connectivity index (χ1v) is 15.4. The number of benzene rings is 3. The van der Waals surface area contributed by atoms with Crippen LogP contribution in [0.4, 0.5) is 13.2 Å². The van der Waals surface area contributed by atoms with Crippen LogP contribution >= 0.6 is 11.3 Å². The number of carbonyl (C=O) groups excluding carboxylic acids is 1. The van der Waals surface area contributed by atoms with Crippen LogP contribution in [0.1, 0.15) is 64.6 Å². The van der Waals surface area contributed by atoms with Crippen molar-refractivity contribution in [3.63, 3.8) is 0 Å². The van der Waals surface area contributed by atoms with E-state index in [1.165, 1.54) is 17.4 Å². The van der Waals surface area contributed by atoms with Crippen LogP contribution in [-0.4, -0.2) is 21.1 Å². The van der Waals surface area contributed by atoms with Crippen molar-refractivity contribution in [1.82, 2.24) is 10.2 Å². The normalized spacial score (nSPS) is 11.9. The molecule has 5 nitrogen and oxygen atoms in total. The third-order valence-corrected chi connectivity index (χ3v) is 8.89. The van der Waals surface area contributed by atoms with E-state index in [0.29, 0.717) is 15.6 Å². The maximum atomic E-state index is 13.7. The standard InChI is InChI=1S/C22H9F3N3S.C13H24O2.Ir/c23-22(24,25)21-19-15(9-12-5-1-3-7-14(12)16(19)11-26)20(27-28-21)18-10-13-6-2-4-8-17(13)29-18;1-5-10(6-2)12(14)9-13(15)11(7-3)8-4;/h1-9H;9-11,14H,5-8H2,1-4H3;/q-1;;/b;12-9-;. The molecule has 1 radical (unpaired) electrons. The van der Waals surface area contributed by atoms with Crippen molar-refractivity contribution in [2.24, 2.45) is 11.8 Å². The average molecular weight is 809 g/mol. The van der Waals surface area contributed by atoms with Crippen molar-refractivity contribution in [1.29, 1.82) is 5.26 Å². The summed E-state index contributed by atoms with van der Waals surface area (Å²) in [6, 6.07) is 21.2. The Bertz CT molecular complexity index is 1840. The SMILES string of the molecule is CCC(CC)C(=O)/C=C(\O)C(CC)CC.N#Cc1c2ccccc2cc2c(-c3[c-]c4ccccc4s3)nnc(C(F)(F)F)c12.[Ir]. The summed E-state index contributed by atoms with van der Waals surface area (Å²) in [5, 5.41) is 28.9. The van der Waals surface area contributed by atoms with E-state index >= 15 is 0 Å². The number of hydrogen-bond donors (Lipinski definition) is 1. The number of halogens is 3. The van der Waals surface area contributed by atoms with Gasteiger partial charge in [-0.2, -0.15) is 28.6 Å². The summed E-state index contributed by atoms with van der Waals surface area (Å²) >= 11 is 1.38. The molecule has 3 aromatic carbocycles. The number of fused-ring (bicyclic) bond motifs is 3. The van der Waals surface area contributed by atoms with Gasteiger partial charge < -0.3 is 5.11 Å². The molecule has 237 valence electrons. The number of thiophene rings is 1. The zero-order valence-corrected chi connectivity index (χ0v) is 28.5. The Hall–Kier alpha value is -3.64. The first-order chi connectivity index (χ1) is 21.1. The van der Waals surface area contributed by atoms with Crippen molar-refractivity contribution in [3.8, 4) is 16.6 Å². The van der Waals surface area contributed by atoms with Gasteiger partial charge in [0.25, 0.3) is 0 Å². The number of aromatic nitrogens is 2. The van der Waals surface area contributed by atoms with E-state index in [-0.39, 0.29) is 65.5 Å². The zero-order valence-electron chi connectivity index (χ0n) is 25.3. The van der Waals surface area contributed by atoms with Crippen LogP contribution in [0.15, 0.2) is 66.4 Å². The molecule has 0 atom stereocenters. The molecular formula is C35H33F3IrN3O2S-. The Morgan fingerprint density at radius 3 is 2.20 bits per heavy atom. The minimum absolute atomic E-state index is 0. The summed E-state index contributed by atoms with van der Waals surface area (Å²) < 4.78 is 42.1. The van der Waals surface area contributed by atoms with Crippen molar-refractivity contribution < 1.29 is 43.2 Å². The molecule has 0 aliphatic heterocycles. The van der Waals surface area contributed by atoms with Gasteiger partial charge in [0, 0.05) is 54.5 Å². The summed E-state index contributed by atoms with van der Waals surface area (Å²) in [4.78, 5) is 12.3. The molecule has 0 bridgehead atoms. The number of ketones is 1. The molecule has 5 aromatic rings. The number of allylic oxidation sites excluding steroid dienone is 2. The summed E-state index contributed by atoms with van der Waals surface area (Å²) in [5.74, 6) is 0.547. The molecule has 0 aliphatic rings. The van der Waals surface area contributed by atoms with Gasteiger partial charge in [0.2, 0.25) is 0 Å². The van der Waals surface area contributed by atoms with Gasteiger partial charge in [-0.15, -0.1) is 23.6 Å². The quantitative estimate of drug-likeness (QED) is 0.0730. The van der Waals surface area contributed by atoms with E-state index in [1.807, 2.05) is 58.0 Å². The van der Waals surface area contributed by atoms with Crippen molar-refractivity contribution >= 4 is 48.8 Å². The molecule has 1 N–H and O–H groups in total. The van der Waals surface area contributed by atoms with Crippen LogP contribution in [0.25, 0.3) is 42.2 Å². The number of nitrogens with zero attached hydrogens (tertiary/aromatic N) is 3. The number of rotatable bonds is 8. The molecule has 0 saturated carbocycles. The minimum atomic E-state index is -4.73. The Morgan fingerprint density at radius 1 is 0.978 bits per heavy atom. The summed E-state index contributed by atoms with van der Waals surface area (Å²) in [7, 11) is 0. The van der Waals surface area contributed by atoms with Gasteiger partial charge in [0.1, 0.15) is 6.07 Å². The van der Waals surface area contributed by atoms with E-state index in [1.54, 1.807) is 30.3 Å². The second-order valence-corrected chi connectivity index (χ2v) is 11.5. The van der Waals surface area contributed by atoms with Crippen LogP contribution < -0.4 is 0 Å². The second kappa shape index (κ2) is 15.6. The van der Waals surface area contributed by atoms with Gasteiger partial charge in [-0.1, -0.05) is 70.2 Å². The number of aliphatic hydroxyl groups is 1. The van der Waals surface area contributed by atoms with E-state index in [0.717, 1.165) is 35.8 Å². The molecule has 0 amide bonds. The van der Waals surface area contributed by atoms with Gasteiger partial charge in [-0.25, -0.2) is 11.3 Å². The number of nitriles is 1. The van der Waals surface area contributed by atoms with Gasteiger partial charge in [-0.05, 0) is 46.0 Å². The van der Waals surface area contributed by atoms with Crippen molar-refractivity contribution in [2.45, 2.75) is 59.6 Å². The van der Waals surface area contributed by atoms with Crippen LogP contribution in [0.5, 0.6) is 0 Å². The molecule has 0 fully saturated rings. The van der Waals surface area contributed by atoms with Crippen LogP contribution in [-0.2, 0) is 31.1 Å². The Balaban J connectivity index is 0.000000297. The third-order valence-electron chi connectivity index (χ3n) is 7.82. The molecule has 2 heterocycles. The third kappa shape index (κ3) is 7.78. The van der Waals surface area contributed by atoms with Crippen LogP contribution in [0, 0.1) is 29.2 Å². The molecule has 2 aromatic heterocycles. The summed E-state index contributed by atoms with van der Waals surface area (Å²) in [6.07, 6.45) is 0.172. The smallest absolute Gasteiger partial charge is 0.435 e. The van der Waals surface area contributed by atoms with Crippen molar-refractivity contribution in [3.05, 3.63) is 83.8 Å². The van der Waals surface area contributed by atoms with Crippen LogP contribution in [0.3, 0.4) is 0 Å². The molecule has 0 unspecified atom stereocenters. The topological polar surface area (TPSA) is 86.9 Å². The Labute approximate surface area is 278 Å². The molecular weight excluding hydrogens is 776 g/mol.